The van der Waals surface area contributed by atoms with Gasteiger partial charge in [0.15, 0.2) is 0 Å². The van der Waals surface area contributed by atoms with Crippen molar-refractivity contribution in [3.8, 4) is 0 Å². The second-order valence-corrected chi connectivity index (χ2v) is 7.50. The molecule has 1 aliphatic heterocycles. The van der Waals surface area contributed by atoms with Crippen LogP contribution in [0.1, 0.15) is 44.2 Å². The minimum absolute atomic E-state index is 0.558. The molecule has 9 heteroatoms. The fourth-order valence-electron chi connectivity index (χ4n) is 3.65. The summed E-state index contributed by atoms with van der Waals surface area (Å²) in [5.41, 5.74) is 1.19. The third-order valence-corrected chi connectivity index (χ3v) is 5.14. The van der Waals surface area contributed by atoms with Gasteiger partial charge in [-0.05, 0) is 18.8 Å². The molecule has 0 unspecified atom stereocenters. The highest BCUT2D eigenvalue weighted by Crippen LogP contribution is 2.26. The highest BCUT2D eigenvalue weighted by Gasteiger charge is 2.15. The molecule has 9 nitrogen and oxygen atoms in total. The lowest BCUT2D eigenvalue weighted by Gasteiger charge is -2.26. The van der Waals surface area contributed by atoms with Crippen LogP contribution in [0.4, 0.5) is 0 Å². The molecule has 1 saturated carbocycles. The number of morpholine rings is 1. The van der Waals surface area contributed by atoms with Gasteiger partial charge < -0.3 is 14.9 Å². The highest BCUT2D eigenvalue weighted by atomic mass is 16.5. The number of nitrogens with zero attached hydrogens (tertiary/aromatic N) is 4. The van der Waals surface area contributed by atoms with Gasteiger partial charge in [0.2, 0.25) is 0 Å². The molecule has 2 aliphatic rings. The van der Waals surface area contributed by atoms with Crippen LogP contribution >= 0.6 is 0 Å². The standard InChI is InChI=1S/C16H28N4O.C4H4O4/c1-2-5-15(6-3-1)13-16-14-20(18-17-16)8-4-7-19-9-11-21-12-10-19;5-3(6)1-2-4(7)8/h14-15H,1-13H2;1-2H,(H,5,6)(H,7,8)/b;2-1+. The smallest absolute Gasteiger partial charge is 0.328 e. The minimum atomic E-state index is -1.26. The van der Waals surface area contributed by atoms with E-state index in [1.165, 1.54) is 37.8 Å². The first-order chi connectivity index (χ1) is 14.0. The van der Waals surface area contributed by atoms with Crippen molar-refractivity contribution in [2.24, 2.45) is 5.92 Å². The van der Waals surface area contributed by atoms with Crippen LogP contribution in [0, 0.1) is 5.92 Å². The van der Waals surface area contributed by atoms with E-state index in [4.69, 9.17) is 14.9 Å². The second-order valence-electron chi connectivity index (χ2n) is 7.50. The molecule has 1 aromatic heterocycles. The number of aromatic nitrogens is 3. The first-order valence-electron chi connectivity index (χ1n) is 10.4. The third kappa shape index (κ3) is 10.2. The van der Waals surface area contributed by atoms with Crippen molar-refractivity contribution in [2.75, 3.05) is 32.8 Å². The summed E-state index contributed by atoms with van der Waals surface area (Å²) >= 11 is 0. The van der Waals surface area contributed by atoms with Crippen molar-refractivity contribution < 1.29 is 24.5 Å². The van der Waals surface area contributed by atoms with Gasteiger partial charge >= 0.3 is 11.9 Å². The molecule has 1 aliphatic carbocycles. The molecule has 0 aromatic carbocycles. The van der Waals surface area contributed by atoms with E-state index in [9.17, 15) is 9.59 Å². The van der Waals surface area contributed by atoms with E-state index >= 15 is 0 Å². The Labute approximate surface area is 171 Å². The van der Waals surface area contributed by atoms with Crippen molar-refractivity contribution >= 4 is 11.9 Å². The van der Waals surface area contributed by atoms with E-state index in [1.54, 1.807) is 0 Å². The number of carboxylic acids is 2. The van der Waals surface area contributed by atoms with Gasteiger partial charge in [0.25, 0.3) is 0 Å². The fourth-order valence-corrected chi connectivity index (χ4v) is 3.65. The van der Waals surface area contributed by atoms with Gasteiger partial charge in [-0.1, -0.05) is 37.3 Å². The molecule has 1 saturated heterocycles. The highest BCUT2D eigenvalue weighted by molar-refractivity contribution is 5.89. The summed E-state index contributed by atoms with van der Waals surface area (Å²) in [5, 5.41) is 24.3. The summed E-state index contributed by atoms with van der Waals surface area (Å²) in [4.78, 5) is 21.6. The van der Waals surface area contributed by atoms with Crippen LogP contribution in [0.5, 0.6) is 0 Å². The Bertz CT molecular complexity index is 633. The molecule has 2 N–H and O–H groups in total. The van der Waals surface area contributed by atoms with E-state index in [-0.39, 0.29) is 0 Å². The Morgan fingerprint density at radius 2 is 1.72 bits per heavy atom. The maximum atomic E-state index is 9.55. The lowest BCUT2D eigenvalue weighted by molar-refractivity contribution is -0.134. The normalized spacial score (nSPS) is 18.3. The van der Waals surface area contributed by atoms with Crippen LogP contribution in [-0.4, -0.2) is 74.9 Å². The number of hydrogen-bond acceptors (Lipinski definition) is 6. The number of hydrogen-bond donors (Lipinski definition) is 2. The van der Waals surface area contributed by atoms with Crippen molar-refractivity contribution in [1.29, 1.82) is 0 Å². The fraction of sp³-hybridized carbons (Fsp3) is 0.700. The quantitative estimate of drug-likeness (QED) is 0.626. The zero-order valence-electron chi connectivity index (χ0n) is 16.9. The minimum Gasteiger partial charge on any atom is -0.478 e. The number of carboxylic acid groups (broad SMARTS) is 2. The van der Waals surface area contributed by atoms with Crippen LogP contribution in [-0.2, 0) is 27.3 Å². The van der Waals surface area contributed by atoms with E-state index in [1.807, 2.05) is 4.68 Å². The number of ether oxygens (including phenoxy) is 1. The monoisotopic (exact) mass is 408 g/mol. The van der Waals surface area contributed by atoms with Crippen LogP contribution < -0.4 is 0 Å². The third-order valence-electron chi connectivity index (χ3n) is 5.14. The molecule has 1 aromatic rings. The lowest BCUT2D eigenvalue weighted by atomic mass is 9.86. The second kappa shape index (κ2) is 13.1. The average molecular weight is 408 g/mol. The summed E-state index contributed by atoms with van der Waals surface area (Å²) in [7, 11) is 0. The summed E-state index contributed by atoms with van der Waals surface area (Å²) in [5.74, 6) is -1.67. The van der Waals surface area contributed by atoms with Gasteiger partial charge in [-0.3, -0.25) is 9.58 Å². The Balaban J connectivity index is 0.000000321. The molecule has 162 valence electrons. The van der Waals surface area contributed by atoms with Gasteiger partial charge in [0.05, 0.1) is 18.9 Å². The van der Waals surface area contributed by atoms with Crippen LogP contribution in [0.3, 0.4) is 0 Å². The van der Waals surface area contributed by atoms with Crippen molar-refractivity contribution in [2.45, 2.75) is 51.5 Å². The summed E-state index contributed by atoms with van der Waals surface area (Å²) in [6.07, 6.45) is 12.5. The number of rotatable bonds is 8. The molecule has 2 fully saturated rings. The number of aryl methyl sites for hydroxylation is 1. The van der Waals surface area contributed by atoms with Gasteiger partial charge in [0, 0.05) is 44.5 Å². The zero-order chi connectivity index (χ0) is 20.9. The summed E-state index contributed by atoms with van der Waals surface area (Å²) in [6.45, 7) is 6.04. The summed E-state index contributed by atoms with van der Waals surface area (Å²) < 4.78 is 7.40. The predicted molar refractivity (Wildman–Crippen MR) is 107 cm³/mol. The lowest BCUT2D eigenvalue weighted by Crippen LogP contribution is -2.37. The Hall–Kier alpha value is -2.26. The van der Waals surface area contributed by atoms with Crippen LogP contribution in [0.2, 0.25) is 0 Å². The van der Waals surface area contributed by atoms with Gasteiger partial charge in [-0.2, -0.15) is 0 Å². The Kier molecular flexibility index (Phi) is 10.4. The maximum Gasteiger partial charge on any atom is 0.328 e. The van der Waals surface area contributed by atoms with Crippen LogP contribution in [0.15, 0.2) is 18.3 Å². The number of carbonyl (C=O) groups is 2. The summed E-state index contributed by atoms with van der Waals surface area (Å²) in [6, 6.07) is 0. The Morgan fingerprint density at radius 3 is 2.34 bits per heavy atom. The molecule has 0 bridgehead atoms. The Morgan fingerprint density at radius 1 is 1.07 bits per heavy atom. The van der Waals surface area contributed by atoms with E-state index in [0.29, 0.717) is 12.2 Å². The van der Waals surface area contributed by atoms with E-state index < -0.39 is 11.9 Å². The first kappa shape index (κ1) is 23.0. The molecular weight excluding hydrogens is 376 g/mol. The van der Waals surface area contributed by atoms with E-state index in [0.717, 1.165) is 58.2 Å². The molecule has 29 heavy (non-hydrogen) atoms. The van der Waals surface area contributed by atoms with Gasteiger partial charge in [0.1, 0.15) is 0 Å². The number of aliphatic carboxylic acids is 2. The molecule has 0 amide bonds. The molecule has 0 radical (unpaired) electrons. The SMILES string of the molecule is O=C(O)/C=C/C(=O)O.c1c(CC2CCCCC2)nnn1CCCN1CCOCC1. The van der Waals surface area contributed by atoms with Crippen molar-refractivity contribution in [3.63, 3.8) is 0 Å². The largest absolute Gasteiger partial charge is 0.478 e. The molecule has 2 heterocycles. The predicted octanol–water partition coefficient (Wildman–Crippen LogP) is 1.84. The topological polar surface area (TPSA) is 118 Å². The van der Waals surface area contributed by atoms with Gasteiger partial charge in [-0.25, -0.2) is 9.59 Å². The van der Waals surface area contributed by atoms with Crippen molar-refractivity contribution in [3.05, 3.63) is 24.0 Å². The zero-order valence-corrected chi connectivity index (χ0v) is 16.9. The molecular formula is C20H32N4O5. The maximum absolute atomic E-state index is 9.55. The van der Waals surface area contributed by atoms with E-state index in [2.05, 4.69) is 21.4 Å². The van der Waals surface area contributed by atoms with Crippen LogP contribution in [0.25, 0.3) is 0 Å². The molecule has 0 spiro atoms. The average Bonchev–Trinajstić information content (AvgIpc) is 3.16. The first-order valence-corrected chi connectivity index (χ1v) is 10.4. The van der Waals surface area contributed by atoms with Gasteiger partial charge in [-0.15, -0.1) is 5.10 Å². The van der Waals surface area contributed by atoms with Crippen molar-refractivity contribution in [1.82, 2.24) is 19.9 Å². The molecule has 3 rings (SSSR count). The molecule has 0 atom stereocenters.